The van der Waals surface area contributed by atoms with Gasteiger partial charge in [0, 0.05) is 16.6 Å². The predicted molar refractivity (Wildman–Crippen MR) is 75.4 cm³/mol. The van der Waals surface area contributed by atoms with E-state index in [-0.39, 0.29) is 16.9 Å². The van der Waals surface area contributed by atoms with E-state index in [0.29, 0.717) is 16.6 Å². The first-order valence-electron chi connectivity index (χ1n) is 6.28. The first-order chi connectivity index (χ1) is 8.96. The van der Waals surface area contributed by atoms with Crippen molar-refractivity contribution < 1.29 is 14.7 Å². The number of carboxylic acid groups (broad SMARTS) is 1. The highest BCUT2D eigenvalue weighted by atomic mass is 79.9. The van der Waals surface area contributed by atoms with Crippen LogP contribution in [-0.4, -0.2) is 23.5 Å². The molecule has 1 fully saturated rings. The lowest BCUT2D eigenvalue weighted by molar-refractivity contribution is 0.0697. The van der Waals surface area contributed by atoms with Crippen LogP contribution in [0.5, 0.6) is 0 Å². The molecule has 102 valence electrons. The van der Waals surface area contributed by atoms with Crippen LogP contribution in [0.2, 0.25) is 0 Å². The van der Waals surface area contributed by atoms with Gasteiger partial charge in [-0.3, -0.25) is 4.79 Å². The van der Waals surface area contributed by atoms with Crippen LogP contribution in [0.15, 0.2) is 22.7 Å². The zero-order valence-electron chi connectivity index (χ0n) is 10.7. The van der Waals surface area contributed by atoms with E-state index in [4.69, 9.17) is 5.11 Å². The molecular weight excluding hydrogens is 310 g/mol. The summed E-state index contributed by atoms with van der Waals surface area (Å²) in [7, 11) is 0. The topological polar surface area (TPSA) is 66.4 Å². The molecule has 0 unspecified atom stereocenters. The van der Waals surface area contributed by atoms with E-state index in [2.05, 4.69) is 28.2 Å². The van der Waals surface area contributed by atoms with Gasteiger partial charge in [0.2, 0.25) is 0 Å². The van der Waals surface area contributed by atoms with Crippen molar-refractivity contribution in [1.29, 1.82) is 0 Å². The molecule has 0 aromatic heterocycles. The molecule has 1 aliphatic carbocycles. The van der Waals surface area contributed by atoms with Gasteiger partial charge in [-0.1, -0.05) is 22.9 Å². The minimum absolute atomic E-state index is 0.108. The van der Waals surface area contributed by atoms with E-state index in [1.165, 1.54) is 12.1 Å². The monoisotopic (exact) mass is 325 g/mol. The fraction of sp³-hybridized carbons (Fsp3) is 0.429. The third-order valence-electron chi connectivity index (χ3n) is 3.74. The molecule has 2 N–H and O–H groups in total. The number of amides is 1. The number of carbonyl (C=O) groups is 2. The van der Waals surface area contributed by atoms with Crippen LogP contribution in [0.25, 0.3) is 0 Å². The molecule has 0 spiro atoms. The van der Waals surface area contributed by atoms with Gasteiger partial charge in [0.25, 0.3) is 5.91 Å². The van der Waals surface area contributed by atoms with E-state index in [9.17, 15) is 9.59 Å². The van der Waals surface area contributed by atoms with Crippen LogP contribution >= 0.6 is 15.9 Å². The van der Waals surface area contributed by atoms with Crippen molar-refractivity contribution in [2.45, 2.75) is 26.2 Å². The molecule has 0 aliphatic heterocycles. The maximum absolute atomic E-state index is 12.0. The molecule has 1 saturated carbocycles. The molecule has 2 rings (SSSR count). The van der Waals surface area contributed by atoms with E-state index in [0.717, 1.165) is 19.3 Å². The van der Waals surface area contributed by atoms with Gasteiger partial charge in [-0.2, -0.15) is 0 Å². The summed E-state index contributed by atoms with van der Waals surface area (Å²) in [6.45, 7) is 2.79. The van der Waals surface area contributed by atoms with Gasteiger partial charge in [-0.05, 0) is 42.9 Å². The third-order valence-corrected chi connectivity index (χ3v) is 4.20. The van der Waals surface area contributed by atoms with Gasteiger partial charge in [0.15, 0.2) is 0 Å². The lowest BCUT2D eigenvalue weighted by Gasteiger charge is -2.13. The Balaban J connectivity index is 2.08. The Morgan fingerprint density at radius 1 is 1.32 bits per heavy atom. The molecule has 0 heterocycles. The summed E-state index contributed by atoms with van der Waals surface area (Å²) in [4.78, 5) is 23.0. The van der Waals surface area contributed by atoms with E-state index in [1.807, 2.05) is 0 Å². The van der Waals surface area contributed by atoms with Crippen LogP contribution in [0, 0.1) is 5.41 Å². The molecule has 1 aliphatic rings. The van der Waals surface area contributed by atoms with Crippen molar-refractivity contribution in [3.05, 3.63) is 33.8 Å². The third kappa shape index (κ3) is 3.35. The second-order valence-electron chi connectivity index (χ2n) is 5.07. The lowest BCUT2D eigenvalue weighted by Crippen LogP contribution is -2.30. The summed E-state index contributed by atoms with van der Waals surface area (Å²) in [6, 6.07) is 4.51. The van der Waals surface area contributed by atoms with Crippen LogP contribution < -0.4 is 5.32 Å². The van der Waals surface area contributed by atoms with Gasteiger partial charge < -0.3 is 10.4 Å². The molecule has 19 heavy (non-hydrogen) atoms. The quantitative estimate of drug-likeness (QED) is 0.874. The maximum atomic E-state index is 12.0. The zero-order chi connectivity index (χ0) is 14.0. The SMILES string of the molecule is CCC1(CNC(=O)c2cc(Br)cc(C(=O)O)c2)CC1. The van der Waals surface area contributed by atoms with Crippen molar-refractivity contribution in [3.63, 3.8) is 0 Å². The van der Waals surface area contributed by atoms with Crippen LogP contribution in [0.4, 0.5) is 0 Å². The normalized spacial score (nSPS) is 15.9. The number of rotatable bonds is 5. The highest BCUT2D eigenvalue weighted by Crippen LogP contribution is 2.47. The lowest BCUT2D eigenvalue weighted by atomic mass is 10.0. The predicted octanol–water partition coefficient (Wildman–Crippen LogP) is 3.07. The highest BCUT2D eigenvalue weighted by Gasteiger charge is 2.40. The van der Waals surface area contributed by atoms with E-state index >= 15 is 0 Å². The Hall–Kier alpha value is -1.36. The summed E-state index contributed by atoms with van der Waals surface area (Å²) in [5, 5.41) is 11.9. The average molecular weight is 326 g/mol. The maximum Gasteiger partial charge on any atom is 0.335 e. The number of carboxylic acids is 1. The number of aromatic carboxylic acids is 1. The molecule has 5 heteroatoms. The van der Waals surface area contributed by atoms with Gasteiger partial charge in [-0.25, -0.2) is 4.79 Å². The average Bonchev–Trinajstić information content (AvgIpc) is 3.16. The first kappa shape index (κ1) is 14.1. The number of hydrogen-bond acceptors (Lipinski definition) is 2. The Morgan fingerprint density at radius 3 is 2.47 bits per heavy atom. The Morgan fingerprint density at radius 2 is 1.95 bits per heavy atom. The molecule has 0 saturated heterocycles. The van der Waals surface area contributed by atoms with Crippen molar-refractivity contribution >= 4 is 27.8 Å². The summed E-state index contributed by atoms with van der Waals surface area (Å²) in [5.41, 5.74) is 0.756. The van der Waals surface area contributed by atoms with Gasteiger partial charge in [-0.15, -0.1) is 0 Å². The van der Waals surface area contributed by atoms with Gasteiger partial charge in [0.05, 0.1) is 5.56 Å². The molecule has 0 atom stereocenters. The van der Waals surface area contributed by atoms with E-state index in [1.54, 1.807) is 6.07 Å². The second-order valence-corrected chi connectivity index (χ2v) is 5.99. The summed E-state index contributed by atoms with van der Waals surface area (Å²) in [5.74, 6) is -1.26. The summed E-state index contributed by atoms with van der Waals surface area (Å²) >= 11 is 3.22. The Bertz CT molecular complexity index is 523. The molecule has 1 amide bonds. The Kier molecular flexibility index (Phi) is 3.94. The molecule has 0 radical (unpaired) electrons. The number of benzene rings is 1. The largest absolute Gasteiger partial charge is 0.478 e. The fourth-order valence-corrected chi connectivity index (χ4v) is 2.54. The zero-order valence-corrected chi connectivity index (χ0v) is 12.3. The smallest absolute Gasteiger partial charge is 0.335 e. The van der Waals surface area contributed by atoms with Crippen molar-refractivity contribution in [3.8, 4) is 0 Å². The minimum atomic E-state index is -1.04. The first-order valence-corrected chi connectivity index (χ1v) is 7.07. The Labute approximate surface area is 120 Å². The van der Waals surface area contributed by atoms with Crippen LogP contribution in [0.3, 0.4) is 0 Å². The van der Waals surface area contributed by atoms with Crippen LogP contribution in [0.1, 0.15) is 46.9 Å². The van der Waals surface area contributed by atoms with Crippen molar-refractivity contribution in [1.82, 2.24) is 5.32 Å². The van der Waals surface area contributed by atoms with Gasteiger partial charge >= 0.3 is 5.97 Å². The van der Waals surface area contributed by atoms with E-state index < -0.39 is 5.97 Å². The summed E-state index contributed by atoms with van der Waals surface area (Å²) in [6.07, 6.45) is 3.37. The number of halogens is 1. The number of carbonyl (C=O) groups excluding carboxylic acids is 1. The second kappa shape index (κ2) is 5.33. The highest BCUT2D eigenvalue weighted by molar-refractivity contribution is 9.10. The van der Waals surface area contributed by atoms with Crippen molar-refractivity contribution in [2.75, 3.05) is 6.54 Å². The molecule has 4 nitrogen and oxygen atoms in total. The minimum Gasteiger partial charge on any atom is -0.478 e. The molecule has 1 aromatic carbocycles. The summed E-state index contributed by atoms with van der Waals surface area (Å²) < 4.78 is 0.592. The standard InChI is InChI=1S/C14H16BrNO3/c1-2-14(3-4-14)8-16-12(17)9-5-10(13(18)19)7-11(15)6-9/h5-7H,2-4,8H2,1H3,(H,16,17)(H,18,19). The van der Waals surface area contributed by atoms with Crippen LogP contribution in [-0.2, 0) is 0 Å². The molecule has 0 bridgehead atoms. The number of hydrogen-bond donors (Lipinski definition) is 2. The molecular formula is C14H16BrNO3. The number of nitrogens with one attached hydrogen (secondary N) is 1. The fourth-order valence-electron chi connectivity index (χ4n) is 2.05. The van der Waals surface area contributed by atoms with Gasteiger partial charge in [0.1, 0.15) is 0 Å². The molecule has 1 aromatic rings. The van der Waals surface area contributed by atoms with Crippen molar-refractivity contribution in [2.24, 2.45) is 5.41 Å².